The molecular formula is C21H26N2O. The second-order valence-electron chi connectivity index (χ2n) is 7.06. The van der Waals surface area contributed by atoms with Gasteiger partial charge in [-0.3, -0.25) is 0 Å². The smallest absolute Gasteiger partial charge is 0.122 e. The molecule has 0 unspecified atom stereocenters. The molecule has 2 aromatic carbocycles. The summed E-state index contributed by atoms with van der Waals surface area (Å²) in [4.78, 5) is 2.58. The lowest BCUT2D eigenvalue weighted by molar-refractivity contribution is 0.328. The minimum atomic E-state index is 0.570. The molecule has 2 atom stereocenters. The molecule has 0 bridgehead atoms. The van der Waals surface area contributed by atoms with Crippen molar-refractivity contribution >= 4 is 0 Å². The number of hydrogen-bond donors (Lipinski definition) is 1. The molecule has 2 N–H and O–H groups in total. The Bertz CT molecular complexity index is 685. The van der Waals surface area contributed by atoms with Crippen molar-refractivity contribution < 1.29 is 4.74 Å². The molecule has 1 saturated heterocycles. The van der Waals surface area contributed by atoms with E-state index in [4.69, 9.17) is 10.5 Å². The molecule has 2 aliphatic rings. The van der Waals surface area contributed by atoms with Gasteiger partial charge in [0, 0.05) is 32.0 Å². The third-order valence-electron chi connectivity index (χ3n) is 5.52. The Morgan fingerprint density at radius 2 is 1.96 bits per heavy atom. The lowest BCUT2D eigenvalue weighted by Crippen LogP contribution is -2.25. The first-order chi connectivity index (χ1) is 11.8. The average molecular weight is 322 g/mol. The number of nitrogens with zero attached hydrogens (tertiary/aromatic N) is 1. The van der Waals surface area contributed by atoms with Gasteiger partial charge in [0.2, 0.25) is 0 Å². The molecule has 24 heavy (non-hydrogen) atoms. The van der Waals surface area contributed by atoms with Gasteiger partial charge < -0.3 is 15.4 Å². The molecule has 0 radical (unpaired) electrons. The van der Waals surface area contributed by atoms with E-state index in [1.165, 1.54) is 16.7 Å². The number of benzene rings is 2. The van der Waals surface area contributed by atoms with Crippen LogP contribution in [-0.4, -0.2) is 37.7 Å². The summed E-state index contributed by atoms with van der Waals surface area (Å²) in [6.07, 6.45) is 2.16. The maximum Gasteiger partial charge on any atom is 0.122 e. The number of rotatable bonds is 5. The summed E-state index contributed by atoms with van der Waals surface area (Å²) in [6, 6.07) is 17.5. The molecule has 0 aliphatic carbocycles. The highest BCUT2D eigenvalue weighted by molar-refractivity contribution is 5.39. The number of nitrogens with two attached hydrogens (primary N) is 1. The Labute approximate surface area is 144 Å². The van der Waals surface area contributed by atoms with Gasteiger partial charge in [-0.15, -0.1) is 0 Å². The second-order valence-corrected chi connectivity index (χ2v) is 7.06. The first-order valence-electron chi connectivity index (χ1n) is 9.05. The summed E-state index contributed by atoms with van der Waals surface area (Å²) in [7, 11) is 0. The Hall–Kier alpha value is -1.84. The Balaban J connectivity index is 1.39. The van der Waals surface area contributed by atoms with Gasteiger partial charge in [0.15, 0.2) is 0 Å². The van der Waals surface area contributed by atoms with E-state index in [0.29, 0.717) is 11.8 Å². The Morgan fingerprint density at radius 1 is 1.08 bits per heavy atom. The first-order valence-corrected chi connectivity index (χ1v) is 9.05. The summed E-state index contributed by atoms with van der Waals surface area (Å²) in [5, 5.41) is 0. The van der Waals surface area contributed by atoms with Crippen molar-refractivity contribution in [3.8, 4) is 5.75 Å². The predicted molar refractivity (Wildman–Crippen MR) is 97.5 cm³/mol. The maximum absolute atomic E-state index is 6.05. The SMILES string of the molecule is NC[C@@H]1CN(CCc2ccc3c(c2)CCO3)C[C@H]1c1ccccc1. The highest BCUT2D eigenvalue weighted by atomic mass is 16.5. The zero-order valence-electron chi connectivity index (χ0n) is 14.2. The third kappa shape index (κ3) is 3.19. The molecule has 1 fully saturated rings. The van der Waals surface area contributed by atoms with Crippen LogP contribution in [0.2, 0.25) is 0 Å². The number of hydrogen-bond acceptors (Lipinski definition) is 3. The van der Waals surface area contributed by atoms with Crippen LogP contribution in [0.5, 0.6) is 5.75 Å². The van der Waals surface area contributed by atoms with Gasteiger partial charge in [0.1, 0.15) is 5.75 Å². The van der Waals surface area contributed by atoms with E-state index in [0.717, 1.165) is 51.4 Å². The number of fused-ring (bicyclic) bond motifs is 1. The normalized spacial score (nSPS) is 23.2. The molecule has 126 valence electrons. The average Bonchev–Trinajstić information content (AvgIpc) is 3.26. The van der Waals surface area contributed by atoms with Gasteiger partial charge in [-0.25, -0.2) is 0 Å². The molecule has 0 aromatic heterocycles. The summed E-state index contributed by atoms with van der Waals surface area (Å²) in [5.41, 5.74) is 10.3. The molecule has 0 amide bonds. The number of ether oxygens (including phenoxy) is 1. The van der Waals surface area contributed by atoms with Crippen molar-refractivity contribution in [2.45, 2.75) is 18.8 Å². The van der Waals surface area contributed by atoms with Gasteiger partial charge in [-0.2, -0.15) is 0 Å². The van der Waals surface area contributed by atoms with Gasteiger partial charge in [-0.05, 0) is 41.6 Å². The van der Waals surface area contributed by atoms with E-state index in [2.05, 4.69) is 53.4 Å². The van der Waals surface area contributed by atoms with Crippen molar-refractivity contribution in [3.05, 3.63) is 65.2 Å². The largest absolute Gasteiger partial charge is 0.493 e. The third-order valence-corrected chi connectivity index (χ3v) is 5.52. The van der Waals surface area contributed by atoms with Gasteiger partial charge >= 0.3 is 0 Å². The van der Waals surface area contributed by atoms with Crippen molar-refractivity contribution in [2.24, 2.45) is 11.7 Å². The Kier molecular flexibility index (Phi) is 4.54. The molecule has 2 aliphatic heterocycles. The molecule has 0 spiro atoms. The van der Waals surface area contributed by atoms with Gasteiger partial charge in [-0.1, -0.05) is 42.5 Å². The fourth-order valence-corrected chi connectivity index (χ4v) is 4.14. The summed E-state index contributed by atoms with van der Waals surface area (Å²) in [6.45, 7) is 4.96. The van der Waals surface area contributed by atoms with Crippen molar-refractivity contribution in [1.82, 2.24) is 4.90 Å². The zero-order valence-corrected chi connectivity index (χ0v) is 14.2. The monoisotopic (exact) mass is 322 g/mol. The quantitative estimate of drug-likeness (QED) is 0.920. The summed E-state index contributed by atoms with van der Waals surface area (Å²) >= 11 is 0. The van der Waals surface area contributed by atoms with E-state index in [1.807, 2.05) is 0 Å². The van der Waals surface area contributed by atoms with Crippen LogP contribution in [0.1, 0.15) is 22.6 Å². The lowest BCUT2D eigenvalue weighted by Gasteiger charge is -2.17. The molecule has 2 heterocycles. The van der Waals surface area contributed by atoms with E-state index in [1.54, 1.807) is 0 Å². The molecule has 3 nitrogen and oxygen atoms in total. The van der Waals surface area contributed by atoms with E-state index < -0.39 is 0 Å². The van der Waals surface area contributed by atoms with E-state index in [9.17, 15) is 0 Å². The molecule has 2 aromatic rings. The molecule has 4 rings (SSSR count). The topological polar surface area (TPSA) is 38.5 Å². The van der Waals surface area contributed by atoms with Gasteiger partial charge in [0.05, 0.1) is 6.61 Å². The van der Waals surface area contributed by atoms with E-state index in [-0.39, 0.29) is 0 Å². The molecule has 3 heteroatoms. The van der Waals surface area contributed by atoms with Gasteiger partial charge in [0.25, 0.3) is 0 Å². The summed E-state index contributed by atoms with van der Waals surface area (Å²) < 4.78 is 5.60. The minimum Gasteiger partial charge on any atom is -0.493 e. The fourth-order valence-electron chi connectivity index (χ4n) is 4.14. The van der Waals surface area contributed by atoms with Crippen molar-refractivity contribution in [3.63, 3.8) is 0 Å². The molecule has 0 saturated carbocycles. The van der Waals surface area contributed by atoms with Crippen LogP contribution in [0.25, 0.3) is 0 Å². The number of likely N-dealkylation sites (tertiary alicyclic amines) is 1. The van der Waals surface area contributed by atoms with Crippen LogP contribution in [0.15, 0.2) is 48.5 Å². The van der Waals surface area contributed by atoms with Crippen molar-refractivity contribution in [1.29, 1.82) is 0 Å². The lowest BCUT2D eigenvalue weighted by atomic mass is 9.89. The standard InChI is InChI=1S/C21H26N2O/c22-13-19-14-23(15-20(19)17-4-2-1-3-5-17)10-8-16-6-7-21-18(12-16)9-11-24-21/h1-7,12,19-20H,8-11,13-15,22H2/t19-,20+/m1/s1. The minimum absolute atomic E-state index is 0.570. The van der Waals surface area contributed by atoms with Crippen LogP contribution in [0.4, 0.5) is 0 Å². The second kappa shape index (κ2) is 6.96. The van der Waals surface area contributed by atoms with Crippen LogP contribution < -0.4 is 10.5 Å². The van der Waals surface area contributed by atoms with Crippen molar-refractivity contribution in [2.75, 3.05) is 32.8 Å². The van der Waals surface area contributed by atoms with Crippen LogP contribution in [0, 0.1) is 5.92 Å². The van der Waals surface area contributed by atoms with E-state index >= 15 is 0 Å². The highest BCUT2D eigenvalue weighted by Gasteiger charge is 2.32. The molecular weight excluding hydrogens is 296 g/mol. The first kappa shape index (κ1) is 15.7. The highest BCUT2D eigenvalue weighted by Crippen LogP contribution is 2.32. The Morgan fingerprint density at radius 3 is 2.79 bits per heavy atom. The fraction of sp³-hybridized carbons (Fsp3) is 0.429. The zero-order chi connectivity index (χ0) is 16.4. The van der Waals surface area contributed by atoms with Crippen LogP contribution in [0.3, 0.4) is 0 Å². The van der Waals surface area contributed by atoms with Crippen LogP contribution >= 0.6 is 0 Å². The predicted octanol–water partition coefficient (Wildman–Crippen LogP) is 2.84. The summed E-state index contributed by atoms with van der Waals surface area (Å²) in [5.74, 6) is 2.22. The maximum atomic E-state index is 6.05. The van der Waals surface area contributed by atoms with Crippen LogP contribution in [-0.2, 0) is 12.8 Å².